The maximum atomic E-state index is 12.5. The monoisotopic (exact) mass is 340 g/mol. The van der Waals surface area contributed by atoms with E-state index in [-0.39, 0.29) is 5.91 Å². The van der Waals surface area contributed by atoms with Crippen LogP contribution in [-0.2, 0) is 12.8 Å². The number of hydrogen-bond donors (Lipinski definition) is 1. The summed E-state index contributed by atoms with van der Waals surface area (Å²) in [6, 6.07) is 9.32. The standard InChI is InChI=1S/C19H20N2O2S/c1-3-23-14-7-5-13(6-8-14)18(22)21-19-16(11-20)15-9-4-12(2)10-17(15)24-19/h5-8,12H,3-4,9-10H2,1-2H3,(H,21,22). The molecule has 0 saturated heterocycles. The van der Waals surface area contributed by atoms with Crippen LogP contribution in [0.15, 0.2) is 24.3 Å². The molecule has 0 spiro atoms. The zero-order chi connectivity index (χ0) is 17.1. The minimum absolute atomic E-state index is 0.193. The SMILES string of the molecule is CCOc1ccc(C(=O)Nc2sc3c(c2C#N)CCC(C)C3)cc1. The number of benzene rings is 1. The smallest absolute Gasteiger partial charge is 0.256 e. The molecule has 24 heavy (non-hydrogen) atoms. The van der Waals surface area contributed by atoms with Gasteiger partial charge in [0.25, 0.3) is 5.91 Å². The van der Waals surface area contributed by atoms with Crippen molar-refractivity contribution in [3.05, 3.63) is 45.8 Å². The van der Waals surface area contributed by atoms with E-state index in [9.17, 15) is 10.1 Å². The zero-order valence-corrected chi connectivity index (χ0v) is 14.7. The van der Waals surface area contributed by atoms with Gasteiger partial charge >= 0.3 is 0 Å². The molecule has 1 amide bonds. The highest BCUT2D eigenvalue weighted by Gasteiger charge is 2.24. The second-order valence-corrected chi connectivity index (χ2v) is 7.18. The Morgan fingerprint density at radius 1 is 1.42 bits per heavy atom. The van der Waals surface area contributed by atoms with E-state index in [1.807, 2.05) is 6.92 Å². The van der Waals surface area contributed by atoms with Gasteiger partial charge in [0.05, 0.1) is 12.2 Å². The summed E-state index contributed by atoms with van der Waals surface area (Å²) in [6.45, 7) is 4.74. The normalized spacial score (nSPS) is 16.1. The number of nitrogens with one attached hydrogen (secondary N) is 1. The van der Waals surface area contributed by atoms with Crippen molar-refractivity contribution in [2.75, 3.05) is 11.9 Å². The van der Waals surface area contributed by atoms with Gasteiger partial charge in [0, 0.05) is 10.4 Å². The predicted octanol–water partition coefficient (Wildman–Crippen LogP) is 4.40. The number of nitriles is 1. The summed E-state index contributed by atoms with van der Waals surface area (Å²) in [5.74, 6) is 1.19. The van der Waals surface area contributed by atoms with Crippen molar-refractivity contribution in [1.82, 2.24) is 0 Å². The van der Waals surface area contributed by atoms with Crippen LogP contribution in [-0.4, -0.2) is 12.5 Å². The van der Waals surface area contributed by atoms with E-state index in [4.69, 9.17) is 4.74 Å². The lowest BCUT2D eigenvalue weighted by molar-refractivity contribution is 0.102. The van der Waals surface area contributed by atoms with Crippen LogP contribution in [0.4, 0.5) is 5.00 Å². The van der Waals surface area contributed by atoms with Crippen molar-refractivity contribution in [2.24, 2.45) is 5.92 Å². The number of hydrogen-bond acceptors (Lipinski definition) is 4. The average molecular weight is 340 g/mol. The molecule has 0 fully saturated rings. The molecule has 1 unspecified atom stereocenters. The molecule has 0 radical (unpaired) electrons. The van der Waals surface area contributed by atoms with Gasteiger partial charge in [0.2, 0.25) is 0 Å². The fourth-order valence-electron chi connectivity index (χ4n) is 3.00. The first kappa shape index (κ1) is 16.5. The fourth-order valence-corrected chi connectivity index (χ4v) is 4.36. The molecular weight excluding hydrogens is 320 g/mol. The number of nitrogens with zero attached hydrogens (tertiary/aromatic N) is 1. The second-order valence-electron chi connectivity index (χ2n) is 6.08. The van der Waals surface area contributed by atoms with Crippen molar-refractivity contribution < 1.29 is 9.53 Å². The van der Waals surface area contributed by atoms with Crippen LogP contribution in [0, 0.1) is 17.2 Å². The number of anilines is 1. The summed E-state index contributed by atoms with van der Waals surface area (Å²) < 4.78 is 5.39. The summed E-state index contributed by atoms with van der Waals surface area (Å²) in [5.41, 5.74) is 2.32. The van der Waals surface area contributed by atoms with Crippen LogP contribution in [0.1, 0.15) is 46.6 Å². The van der Waals surface area contributed by atoms with E-state index in [0.717, 1.165) is 30.6 Å². The molecule has 1 aliphatic rings. The lowest BCUT2D eigenvalue weighted by Gasteiger charge is -2.17. The minimum atomic E-state index is -0.193. The molecule has 1 aliphatic carbocycles. The van der Waals surface area contributed by atoms with Gasteiger partial charge in [-0.3, -0.25) is 4.79 Å². The predicted molar refractivity (Wildman–Crippen MR) is 95.8 cm³/mol. The first-order valence-electron chi connectivity index (χ1n) is 8.21. The second kappa shape index (κ2) is 7.06. The number of ether oxygens (including phenoxy) is 1. The summed E-state index contributed by atoms with van der Waals surface area (Å²) in [5, 5.41) is 13.1. The van der Waals surface area contributed by atoms with Crippen LogP contribution in [0.3, 0.4) is 0 Å². The van der Waals surface area contributed by atoms with Crippen molar-refractivity contribution in [3.63, 3.8) is 0 Å². The Morgan fingerprint density at radius 2 is 2.17 bits per heavy atom. The largest absolute Gasteiger partial charge is 0.494 e. The molecule has 0 aliphatic heterocycles. The van der Waals surface area contributed by atoms with E-state index < -0.39 is 0 Å². The summed E-state index contributed by atoms with van der Waals surface area (Å²) in [4.78, 5) is 13.7. The molecule has 124 valence electrons. The van der Waals surface area contributed by atoms with E-state index >= 15 is 0 Å². The molecule has 2 aromatic rings. The van der Waals surface area contributed by atoms with E-state index in [1.165, 1.54) is 4.88 Å². The van der Waals surface area contributed by atoms with Crippen LogP contribution in [0.25, 0.3) is 0 Å². The maximum absolute atomic E-state index is 12.5. The maximum Gasteiger partial charge on any atom is 0.256 e. The highest BCUT2D eigenvalue weighted by molar-refractivity contribution is 7.16. The van der Waals surface area contributed by atoms with Crippen molar-refractivity contribution in [3.8, 4) is 11.8 Å². The first-order chi connectivity index (χ1) is 11.6. The third-order valence-corrected chi connectivity index (χ3v) is 5.45. The van der Waals surface area contributed by atoms with Gasteiger partial charge in [0.1, 0.15) is 16.8 Å². The third kappa shape index (κ3) is 3.29. The van der Waals surface area contributed by atoms with Gasteiger partial charge in [-0.2, -0.15) is 5.26 Å². The van der Waals surface area contributed by atoms with Gasteiger partial charge in [-0.1, -0.05) is 6.92 Å². The molecule has 1 heterocycles. The highest BCUT2D eigenvalue weighted by Crippen LogP contribution is 2.39. The van der Waals surface area contributed by atoms with Gasteiger partial charge in [-0.15, -0.1) is 11.3 Å². The molecule has 3 rings (SSSR count). The molecule has 1 aromatic carbocycles. The third-order valence-electron chi connectivity index (χ3n) is 4.28. The lowest BCUT2D eigenvalue weighted by Crippen LogP contribution is -2.12. The summed E-state index contributed by atoms with van der Waals surface area (Å²) >= 11 is 1.55. The van der Waals surface area contributed by atoms with Gasteiger partial charge in [-0.05, 0) is 61.9 Å². The fraction of sp³-hybridized carbons (Fsp3) is 0.368. The molecule has 4 nitrogen and oxygen atoms in total. The lowest BCUT2D eigenvalue weighted by atomic mass is 9.88. The van der Waals surface area contributed by atoms with E-state index in [1.54, 1.807) is 35.6 Å². The number of fused-ring (bicyclic) bond motifs is 1. The van der Waals surface area contributed by atoms with Crippen LogP contribution in [0.5, 0.6) is 5.75 Å². The Bertz CT molecular complexity index is 787. The molecule has 0 bridgehead atoms. The molecule has 1 atom stereocenters. The van der Waals surface area contributed by atoms with Crippen LogP contribution < -0.4 is 10.1 Å². The Morgan fingerprint density at radius 3 is 2.83 bits per heavy atom. The topological polar surface area (TPSA) is 62.1 Å². The van der Waals surface area contributed by atoms with Crippen molar-refractivity contribution >= 4 is 22.2 Å². The van der Waals surface area contributed by atoms with Crippen LogP contribution >= 0.6 is 11.3 Å². The number of amides is 1. The summed E-state index contributed by atoms with van der Waals surface area (Å²) in [7, 11) is 0. The zero-order valence-electron chi connectivity index (χ0n) is 13.9. The highest BCUT2D eigenvalue weighted by atomic mass is 32.1. The average Bonchev–Trinajstić information content (AvgIpc) is 2.91. The summed E-state index contributed by atoms with van der Waals surface area (Å²) in [6.07, 6.45) is 3.02. The van der Waals surface area contributed by atoms with Gasteiger partial charge in [-0.25, -0.2) is 0 Å². The van der Waals surface area contributed by atoms with E-state index in [2.05, 4.69) is 18.3 Å². The molecular formula is C19H20N2O2S. The Hall–Kier alpha value is -2.32. The molecule has 1 N–H and O–H groups in total. The number of carbonyl (C=O) groups is 1. The number of thiophene rings is 1. The minimum Gasteiger partial charge on any atom is -0.494 e. The Labute approximate surface area is 146 Å². The molecule has 0 saturated carbocycles. The van der Waals surface area contributed by atoms with E-state index in [0.29, 0.717) is 28.7 Å². The molecule has 5 heteroatoms. The van der Waals surface area contributed by atoms with Gasteiger partial charge < -0.3 is 10.1 Å². The van der Waals surface area contributed by atoms with Crippen LogP contribution in [0.2, 0.25) is 0 Å². The Kier molecular flexibility index (Phi) is 4.86. The van der Waals surface area contributed by atoms with Crippen molar-refractivity contribution in [2.45, 2.75) is 33.1 Å². The number of rotatable bonds is 4. The Balaban J connectivity index is 1.80. The molecule has 1 aromatic heterocycles. The first-order valence-corrected chi connectivity index (χ1v) is 9.02. The van der Waals surface area contributed by atoms with Gasteiger partial charge in [0.15, 0.2) is 0 Å². The van der Waals surface area contributed by atoms with Crippen molar-refractivity contribution in [1.29, 1.82) is 5.26 Å². The quantitative estimate of drug-likeness (QED) is 0.897. The number of carbonyl (C=O) groups excluding carboxylic acids is 1.